The van der Waals surface area contributed by atoms with E-state index in [2.05, 4.69) is 20.8 Å². The van der Waals surface area contributed by atoms with Gasteiger partial charge in [0.05, 0.1) is 19.1 Å². The molecule has 166 valence electrons. The second kappa shape index (κ2) is 9.01. The molecular formula is C20H32N6O4. The Bertz CT molecular complexity index is 792. The van der Waals surface area contributed by atoms with Gasteiger partial charge in [-0.2, -0.15) is 0 Å². The molecular weight excluding hydrogens is 388 g/mol. The lowest BCUT2D eigenvalue weighted by Gasteiger charge is -2.33. The number of rotatable bonds is 5. The molecule has 10 nitrogen and oxygen atoms in total. The van der Waals surface area contributed by atoms with Gasteiger partial charge in [0.1, 0.15) is 11.9 Å². The van der Waals surface area contributed by atoms with E-state index in [0.29, 0.717) is 51.2 Å². The van der Waals surface area contributed by atoms with Crippen LogP contribution in [-0.4, -0.2) is 62.8 Å². The smallest absolute Gasteiger partial charge is 0.315 e. The summed E-state index contributed by atoms with van der Waals surface area (Å²) in [5, 5.41) is 14.0. The minimum Gasteiger partial charge on any atom is -0.466 e. The minimum atomic E-state index is -0.364. The molecule has 0 saturated carbocycles. The lowest BCUT2D eigenvalue weighted by Crippen LogP contribution is -2.46. The van der Waals surface area contributed by atoms with Gasteiger partial charge in [-0.15, -0.1) is 10.2 Å². The number of piperidine rings is 1. The monoisotopic (exact) mass is 420 g/mol. The van der Waals surface area contributed by atoms with Crippen molar-refractivity contribution in [1.82, 2.24) is 30.3 Å². The van der Waals surface area contributed by atoms with Crippen molar-refractivity contribution in [2.45, 2.75) is 71.5 Å². The predicted octanol–water partition coefficient (Wildman–Crippen LogP) is 1.16. The van der Waals surface area contributed by atoms with Gasteiger partial charge in [0.25, 0.3) is 0 Å². The summed E-state index contributed by atoms with van der Waals surface area (Å²) in [6.07, 6.45) is 2.58. The molecule has 3 rings (SSSR count). The van der Waals surface area contributed by atoms with Crippen molar-refractivity contribution in [1.29, 1.82) is 0 Å². The largest absolute Gasteiger partial charge is 0.466 e. The van der Waals surface area contributed by atoms with Gasteiger partial charge in [0.2, 0.25) is 5.91 Å². The fraction of sp³-hybridized carbons (Fsp3) is 0.750. The summed E-state index contributed by atoms with van der Waals surface area (Å²) in [4.78, 5) is 39.0. The third kappa shape index (κ3) is 5.09. The molecule has 0 aliphatic carbocycles. The van der Waals surface area contributed by atoms with Crippen molar-refractivity contribution in [2.75, 3.05) is 19.7 Å². The summed E-state index contributed by atoms with van der Waals surface area (Å²) in [5.74, 6) is 1.06. The van der Waals surface area contributed by atoms with Crippen LogP contribution in [0.25, 0.3) is 0 Å². The lowest BCUT2D eigenvalue weighted by atomic mass is 9.96. The third-order valence-electron chi connectivity index (χ3n) is 5.40. The molecule has 0 radical (unpaired) electrons. The fourth-order valence-electron chi connectivity index (χ4n) is 3.99. The summed E-state index contributed by atoms with van der Waals surface area (Å²) in [7, 11) is 0. The first-order valence-electron chi connectivity index (χ1n) is 10.6. The molecule has 1 saturated heterocycles. The first-order chi connectivity index (χ1) is 14.2. The van der Waals surface area contributed by atoms with E-state index in [0.717, 1.165) is 5.82 Å². The summed E-state index contributed by atoms with van der Waals surface area (Å²) < 4.78 is 6.96. The Morgan fingerprint density at radius 1 is 1.13 bits per heavy atom. The van der Waals surface area contributed by atoms with Crippen molar-refractivity contribution in [2.24, 2.45) is 5.92 Å². The molecule has 0 aromatic carbocycles. The Labute approximate surface area is 176 Å². The van der Waals surface area contributed by atoms with Crippen molar-refractivity contribution < 1.29 is 19.1 Å². The molecule has 30 heavy (non-hydrogen) atoms. The zero-order valence-electron chi connectivity index (χ0n) is 18.2. The number of carbonyl (C=O) groups excluding carboxylic acids is 3. The number of carbonyl (C=O) groups is 3. The number of hydrogen-bond acceptors (Lipinski definition) is 6. The van der Waals surface area contributed by atoms with E-state index in [1.165, 1.54) is 0 Å². The summed E-state index contributed by atoms with van der Waals surface area (Å²) in [6, 6.07) is -0.654. The van der Waals surface area contributed by atoms with E-state index >= 15 is 0 Å². The number of nitrogens with one attached hydrogen (secondary N) is 2. The average Bonchev–Trinajstić information content (AvgIpc) is 3.27. The van der Waals surface area contributed by atoms with E-state index in [-0.39, 0.29) is 42.0 Å². The number of likely N-dealkylation sites (tertiary alicyclic amines) is 1. The van der Waals surface area contributed by atoms with Crippen molar-refractivity contribution in [3.8, 4) is 0 Å². The SMILES string of the molecule is CCOC(=O)C1CCN(C(=O)C2CCc3nnc(CNC(=O)NC(C)(C)C)n32)CC1. The fourth-order valence-corrected chi connectivity index (χ4v) is 3.99. The van der Waals surface area contributed by atoms with Gasteiger partial charge in [-0.05, 0) is 47.0 Å². The molecule has 2 aliphatic heterocycles. The second-order valence-electron chi connectivity index (χ2n) is 8.87. The van der Waals surface area contributed by atoms with Crippen molar-refractivity contribution >= 4 is 17.9 Å². The van der Waals surface area contributed by atoms with Crippen molar-refractivity contribution in [3.05, 3.63) is 11.6 Å². The number of urea groups is 1. The van der Waals surface area contributed by atoms with E-state index < -0.39 is 0 Å². The second-order valence-corrected chi connectivity index (χ2v) is 8.87. The molecule has 1 unspecified atom stereocenters. The average molecular weight is 421 g/mol. The van der Waals surface area contributed by atoms with Crippen LogP contribution < -0.4 is 10.6 Å². The maximum atomic E-state index is 13.2. The topological polar surface area (TPSA) is 118 Å². The number of nitrogens with zero attached hydrogens (tertiary/aromatic N) is 4. The number of esters is 1. The van der Waals surface area contributed by atoms with E-state index in [9.17, 15) is 14.4 Å². The molecule has 0 bridgehead atoms. The number of aryl methyl sites for hydroxylation is 1. The molecule has 1 fully saturated rings. The van der Waals surface area contributed by atoms with Crippen LogP contribution in [0, 0.1) is 5.92 Å². The summed E-state index contributed by atoms with van der Waals surface area (Å²) in [6.45, 7) is 9.16. The van der Waals surface area contributed by atoms with E-state index in [1.54, 1.807) is 6.92 Å². The van der Waals surface area contributed by atoms with Gasteiger partial charge >= 0.3 is 12.0 Å². The molecule has 1 aromatic heterocycles. The molecule has 1 atom stereocenters. The Balaban J connectivity index is 1.60. The number of hydrogen-bond donors (Lipinski definition) is 2. The van der Waals surface area contributed by atoms with Crippen LogP contribution in [0.15, 0.2) is 0 Å². The zero-order valence-corrected chi connectivity index (χ0v) is 18.2. The molecule has 10 heteroatoms. The number of fused-ring (bicyclic) bond motifs is 1. The predicted molar refractivity (Wildman–Crippen MR) is 108 cm³/mol. The highest BCUT2D eigenvalue weighted by atomic mass is 16.5. The van der Waals surface area contributed by atoms with Gasteiger partial charge in [-0.3, -0.25) is 9.59 Å². The highest BCUT2D eigenvalue weighted by Crippen LogP contribution is 2.30. The minimum absolute atomic E-state index is 0.0243. The number of aromatic nitrogens is 3. The first-order valence-corrected chi connectivity index (χ1v) is 10.6. The molecule has 2 aliphatic rings. The summed E-state index contributed by atoms with van der Waals surface area (Å²) >= 11 is 0. The van der Waals surface area contributed by atoms with Gasteiger partial charge in [0, 0.05) is 25.0 Å². The van der Waals surface area contributed by atoms with Crippen LogP contribution in [0.1, 0.15) is 64.6 Å². The number of amides is 3. The van der Waals surface area contributed by atoms with E-state index in [4.69, 9.17) is 4.74 Å². The van der Waals surface area contributed by atoms with Crippen LogP contribution in [-0.2, 0) is 27.3 Å². The molecule has 2 N–H and O–H groups in total. The standard InChI is InChI=1S/C20H32N6O4/c1-5-30-18(28)13-8-10-25(11-9-13)17(27)14-6-7-15-23-24-16(26(14)15)12-21-19(29)22-20(2,3)4/h13-14H,5-12H2,1-4H3,(H2,21,22,29). The Hall–Kier alpha value is -2.65. The molecule has 1 aromatic rings. The highest BCUT2D eigenvalue weighted by Gasteiger charge is 2.37. The summed E-state index contributed by atoms with van der Waals surface area (Å²) in [5.41, 5.74) is -0.342. The first kappa shape index (κ1) is 22.0. The highest BCUT2D eigenvalue weighted by molar-refractivity contribution is 5.81. The lowest BCUT2D eigenvalue weighted by molar-refractivity contribution is -0.151. The zero-order chi connectivity index (χ0) is 21.9. The Kier molecular flexibility index (Phi) is 6.62. The van der Waals surface area contributed by atoms with E-state index in [1.807, 2.05) is 30.2 Å². The van der Waals surface area contributed by atoms with Gasteiger partial charge < -0.3 is 24.8 Å². The van der Waals surface area contributed by atoms with Gasteiger partial charge in [-0.25, -0.2) is 4.79 Å². The molecule has 0 spiro atoms. The van der Waals surface area contributed by atoms with Crippen LogP contribution in [0.4, 0.5) is 4.79 Å². The maximum absolute atomic E-state index is 13.2. The Morgan fingerprint density at radius 2 is 1.83 bits per heavy atom. The number of ether oxygens (including phenoxy) is 1. The van der Waals surface area contributed by atoms with Crippen LogP contribution in [0.2, 0.25) is 0 Å². The van der Waals surface area contributed by atoms with Gasteiger partial charge in [0.15, 0.2) is 5.82 Å². The third-order valence-corrected chi connectivity index (χ3v) is 5.40. The van der Waals surface area contributed by atoms with Crippen LogP contribution in [0.3, 0.4) is 0 Å². The van der Waals surface area contributed by atoms with Crippen LogP contribution in [0.5, 0.6) is 0 Å². The molecule has 3 amide bonds. The quantitative estimate of drug-likeness (QED) is 0.690. The molecule has 3 heterocycles. The van der Waals surface area contributed by atoms with Crippen molar-refractivity contribution in [3.63, 3.8) is 0 Å². The normalized spacial score (nSPS) is 19.3. The van der Waals surface area contributed by atoms with Gasteiger partial charge in [-0.1, -0.05) is 0 Å². The van der Waals surface area contributed by atoms with Crippen LogP contribution >= 0.6 is 0 Å². The maximum Gasteiger partial charge on any atom is 0.315 e. The Morgan fingerprint density at radius 3 is 2.47 bits per heavy atom.